The van der Waals surface area contributed by atoms with E-state index in [-0.39, 0.29) is 0 Å². The van der Waals surface area contributed by atoms with E-state index in [9.17, 15) is 4.57 Å². The summed E-state index contributed by atoms with van der Waals surface area (Å²) in [4.78, 5) is 0. The number of rotatable bonds is 6. The molecule has 0 aromatic heterocycles. The first kappa shape index (κ1) is 15.2. The molecule has 0 N–H and O–H groups in total. The van der Waals surface area contributed by atoms with Crippen molar-refractivity contribution in [3.8, 4) is 5.75 Å². The summed E-state index contributed by atoms with van der Waals surface area (Å²) in [6.45, 7) is 6.05. The van der Waals surface area contributed by atoms with Crippen molar-refractivity contribution in [2.75, 3.05) is 13.1 Å². The second kappa shape index (κ2) is 5.62. The Bertz CT molecular complexity index is 756. The summed E-state index contributed by atoms with van der Waals surface area (Å²) in [6, 6.07) is 14.9. The van der Waals surface area contributed by atoms with Gasteiger partial charge in [0.2, 0.25) is 0 Å². The minimum atomic E-state index is -2.92. The van der Waals surface area contributed by atoms with Crippen LogP contribution in [0.5, 0.6) is 5.75 Å². The van der Waals surface area contributed by atoms with Crippen LogP contribution >= 0.6 is 7.67 Å². The fourth-order valence-electron chi connectivity index (χ4n) is 3.25. The monoisotopic (exact) mass is 330 g/mol. The number of fused-ring (bicyclic) bond motifs is 1. The van der Waals surface area contributed by atoms with Gasteiger partial charge in [-0.1, -0.05) is 44.2 Å². The van der Waals surface area contributed by atoms with E-state index in [2.05, 4.69) is 35.3 Å². The fourth-order valence-corrected chi connectivity index (χ4v) is 6.09. The van der Waals surface area contributed by atoms with Crippen LogP contribution in [0.25, 0.3) is 10.8 Å². The molecule has 2 aromatic rings. The van der Waals surface area contributed by atoms with Crippen molar-refractivity contribution in [3.63, 3.8) is 0 Å². The molecule has 4 atom stereocenters. The Kier molecular flexibility index (Phi) is 3.72. The van der Waals surface area contributed by atoms with E-state index in [1.807, 2.05) is 30.3 Å². The van der Waals surface area contributed by atoms with Gasteiger partial charge in [0, 0.05) is 25.2 Å². The molecule has 4 rings (SSSR count). The molecular formula is C18H23N2O2P. The topological polar surface area (TPSA) is 32.3 Å². The summed E-state index contributed by atoms with van der Waals surface area (Å²) in [6.07, 6.45) is 2.05. The Morgan fingerprint density at radius 2 is 1.61 bits per heavy atom. The minimum Gasteiger partial charge on any atom is -0.422 e. The maximum absolute atomic E-state index is 13.6. The minimum absolute atomic E-state index is 0.402. The van der Waals surface area contributed by atoms with Gasteiger partial charge in [-0.25, -0.2) is 13.9 Å². The summed E-state index contributed by atoms with van der Waals surface area (Å²) < 4.78 is 23.8. The molecule has 5 heteroatoms. The Morgan fingerprint density at radius 1 is 1.00 bits per heavy atom. The molecule has 0 aliphatic carbocycles. The molecule has 0 radical (unpaired) electrons. The van der Waals surface area contributed by atoms with Crippen LogP contribution in [0.3, 0.4) is 0 Å². The van der Waals surface area contributed by atoms with Gasteiger partial charge in [0.25, 0.3) is 0 Å². The SMILES string of the molecule is CCC1CN1P(=O)(Oc1ccc2ccccc2c1)N1CC1CC. The molecule has 122 valence electrons. The molecule has 2 heterocycles. The number of nitrogens with zero attached hydrogens (tertiary/aromatic N) is 2. The van der Waals surface area contributed by atoms with Gasteiger partial charge in [0.1, 0.15) is 5.75 Å². The van der Waals surface area contributed by atoms with Gasteiger partial charge >= 0.3 is 7.67 Å². The van der Waals surface area contributed by atoms with Crippen LogP contribution < -0.4 is 4.52 Å². The zero-order valence-electron chi connectivity index (χ0n) is 13.7. The quantitative estimate of drug-likeness (QED) is 0.576. The first-order chi connectivity index (χ1) is 11.2. The highest BCUT2D eigenvalue weighted by Gasteiger charge is 2.59. The lowest BCUT2D eigenvalue weighted by molar-refractivity contribution is 0.395. The van der Waals surface area contributed by atoms with Crippen molar-refractivity contribution < 1.29 is 9.09 Å². The van der Waals surface area contributed by atoms with E-state index in [1.165, 1.54) is 5.39 Å². The van der Waals surface area contributed by atoms with Gasteiger partial charge in [-0.2, -0.15) is 0 Å². The average Bonchev–Trinajstić information content (AvgIpc) is 3.47. The number of hydrogen-bond acceptors (Lipinski definition) is 2. The van der Waals surface area contributed by atoms with Crippen LogP contribution in [0, 0.1) is 0 Å². The standard InChI is InChI=1S/C18H23N2O2P/c1-3-16-12-19(16)23(21,20-13-17(20)4-2)22-18-10-9-14-7-5-6-8-15(14)11-18/h5-11,16-17H,3-4,12-13H2,1-2H3. The van der Waals surface area contributed by atoms with Crippen molar-refractivity contribution >= 4 is 18.4 Å². The first-order valence-corrected chi connectivity index (χ1v) is 10.0. The van der Waals surface area contributed by atoms with Gasteiger partial charge in [-0.15, -0.1) is 0 Å². The van der Waals surface area contributed by atoms with Crippen molar-refractivity contribution in [3.05, 3.63) is 42.5 Å². The first-order valence-electron chi connectivity index (χ1n) is 8.48. The summed E-state index contributed by atoms with van der Waals surface area (Å²) in [5.41, 5.74) is 0. The second-order valence-electron chi connectivity index (χ2n) is 6.46. The number of benzene rings is 2. The van der Waals surface area contributed by atoms with Gasteiger partial charge < -0.3 is 4.52 Å². The number of hydrogen-bond donors (Lipinski definition) is 0. The third-order valence-electron chi connectivity index (χ3n) is 4.91. The molecule has 0 bridgehead atoms. The van der Waals surface area contributed by atoms with Crippen LogP contribution in [0.1, 0.15) is 26.7 Å². The van der Waals surface area contributed by atoms with Gasteiger partial charge in [-0.05, 0) is 35.7 Å². The van der Waals surface area contributed by atoms with E-state index >= 15 is 0 Å². The molecule has 4 unspecified atom stereocenters. The van der Waals surface area contributed by atoms with Crippen LogP contribution in [-0.2, 0) is 4.57 Å². The van der Waals surface area contributed by atoms with Crippen LogP contribution in [-0.4, -0.2) is 34.5 Å². The third kappa shape index (κ3) is 2.69. The van der Waals surface area contributed by atoms with Gasteiger partial charge in [0.15, 0.2) is 0 Å². The molecule has 2 aliphatic heterocycles. The Labute approximate surface area is 137 Å². The Morgan fingerprint density at radius 3 is 2.17 bits per heavy atom. The molecule has 0 amide bonds. The molecule has 2 saturated heterocycles. The Balaban J connectivity index is 1.63. The molecule has 23 heavy (non-hydrogen) atoms. The van der Waals surface area contributed by atoms with Crippen LogP contribution in [0.4, 0.5) is 0 Å². The summed E-state index contributed by atoms with van der Waals surface area (Å²) in [5.74, 6) is 0.704. The lowest BCUT2D eigenvalue weighted by Crippen LogP contribution is -2.14. The average molecular weight is 330 g/mol. The molecule has 2 fully saturated rings. The maximum atomic E-state index is 13.6. The zero-order valence-corrected chi connectivity index (χ0v) is 14.6. The summed E-state index contributed by atoms with van der Waals surface area (Å²) in [7, 11) is -2.92. The lowest BCUT2D eigenvalue weighted by atomic mass is 10.1. The largest absolute Gasteiger partial charge is 0.422 e. The fraction of sp³-hybridized carbons (Fsp3) is 0.444. The molecule has 2 aromatic carbocycles. The van der Waals surface area contributed by atoms with Gasteiger partial charge in [0.05, 0.1) is 0 Å². The smallest absolute Gasteiger partial charge is 0.396 e. The normalized spacial score (nSPS) is 31.6. The van der Waals surface area contributed by atoms with E-state index in [0.29, 0.717) is 17.8 Å². The molecule has 0 spiro atoms. The highest BCUT2D eigenvalue weighted by Crippen LogP contribution is 2.65. The highest BCUT2D eigenvalue weighted by atomic mass is 31.2. The van der Waals surface area contributed by atoms with E-state index in [4.69, 9.17) is 4.52 Å². The summed E-state index contributed by atoms with van der Waals surface area (Å²) >= 11 is 0. The van der Waals surface area contributed by atoms with Crippen LogP contribution in [0.15, 0.2) is 42.5 Å². The third-order valence-corrected chi connectivity index (χ3v) is 7.64. The molecule has 2 aliphatic rings. The molecular weight excluding hydrogens is 307 g/mol. The zero-order chi connectivity index (χ0) is 16.0. The van der Waals surface area contributed by atoms with Crippen molar-refractivity contribution in [1.82, 2.24) is 9.34 Å². The predicted octanol–water partition coefficient (Wildman–Crippen LogP) is 4.52. The van der Waals surface area contributed by atoms with E-state index < -0.39 is 7.67 Å². The molecule has 4 nitrogen and oxygen atoms in total. The van der Waals surface area contributed by atoms with E-state index in [0.717, 1.165) is 31.3 Å². The van der Waals surface area contributed by atoms with Crippen LogP contribution in [0.2, 0.25) is 0 Å². The lowest BCUT2D eigenvalue weighted by Gasteiger charge is -2.22. The summed E-state index contributed by atoms with van der Waals surface area (Å²) in [5, 5.41) is 2.29. The maximum Gasteiger partial charge on any atom is 0.396 e. The Hall–Kier alpha value is -1.35. The van der Waals surface area contributed by atoms with Crippen molar-refractivity contribution in [2.45, 2.75) is 38.8 Å². The molecule has 0 saturated carbocycles. The predicted molar refractivity (Wildman–Crippen MR) is 93.8 cm³/mol. The van der Waals surface area contributed by atoms with Crippen molar-refractivity contribution in [1.29, 1.82) is 0 Å². The van der Waals surface area contributed by atoms with E-state index in [1.54, 1.807) is 0 Å². The van der Waals surface area contributed by atoms with Gasteiger partial charge in [-0.3, -0.25) is 0 Å². The highest BCUT2D eigenvalue weighted by molar-refractivity contribution is 7.55. The van der Waals surface area contributed by atoms with Crippen molar-refractivity contribution in [2.24, 2.45) is 0 Å². The second-order valence-corrected chi connectivity index (χ2v) is 8.65.